The van der Waals surface area contributed by atoms with Gasteiger partial charge in [0, 0.05) is 36.2 Å². The molecule has 0 spiro atoms. The van der Waals surface area contributed by atoms with Gasteiger partial charge in [-0.25, -0.2) is 0 Å². The Hall–Kier alpha value is -3.74. The molecule has 1 saturated heterocycles. The summed E-state index contributed by atoms with van der Waals surface area (Å²) in [5, 5.41) is 15.5. The molecular formula is C21H17N3O4. The van der Waals surface area contributed by atoms with E-state index < -0.39 is 10.8 Å². The van der Waals surface area contributed by atoms with Crippen LogP contribution in [0.1, 0.15) is 6.42 Å². The molecule has 1 atom stereocenters. The lowest BCUT2D eigenvalue weighted by Crippen LogP contribution is -2.28. The number of fused-ring (bicyclic) bond motifs is 1. The van der Waals surface area contributed by atoms with Gasteiger partial charge in [-0.05, 0) is 23.6 Å². The molecule has 0 unspecified atom stereocenters. The van der Waals surface area contributed by atoms with E-state index in [1.165, 1.54) is 24.3 Å². The zero-order valence-electron chi connectivity index (χ0n) is 14.9. The molecule has 0 aromatic heterocycles. The maximum atomic E-state index is 12.6. The fraction of sp³-hybridized carbons (Fsp3) is 0.143. The van der Waals surface area contributed by atoms with Crippen molar-refractivity contribution < 1.29 is 14.5 Å². The third kappa shape index (κ3) is 3.29. The third-order valence-electron chi connectivity index (χ3n) is 4.90. The quantitative estimate of drug-likeness (QED) is 0.555. The van der Waals surface area contributed by atoms with E-state index in [0.29, 0.717) is 12.2 Å². The Kier molecular flexibility index (Phi) is 4.49. The van der Waals surface area contributed by atoms with Gasteiger partial charge in [-0.3, -0.25) is 19.7 Å². The normalized spacial score (nSPS) is 16.4. The van der Waals surface area contributed by atoms with E-state index in [4.69, 9.17) is 0 Å². The topological polar surface area (TPSA) is 92.5 Å². The summed E-state index contributed by atoms with van der Waals surface area (Å²) >= 11 is 0. The van der Waals surface area contributed by atoms with E-state index in [1.807, 2.05) is 42.5 Å². The summed E-state index contributed by atoms with van der Waals surface area (Å²) in [5.41, 5.74) is 1.22. The summed E-state index contributed by atoms with van der Waals surface area (Å²) < 4.78 is 0. The van der Waals surface area contributed by atoms with Gasteiger partial charge < -0.3 is 10.2 Å². The number of amides is 2. The summed E-state index contributed by atoms with van der Waals surface area (Å²) in [5.74, 6) is -0.855. The largest absolute Gasteiger partial charge is 0.326 e. The second-order valence-electron chi connectivity index (χ2n) is 6.70. The standard InChI is InChI=1S/C21H17N3O4/c25-20-12-15(21(26)22-16-8-10-17(11-9-16)24(27)28)13-23(20)19-7-3-5-14-4-1-2-6-18(14)19/h1-11,15H,12-13H2,(H,22,26)/t15-/m0/s1. The minimum Gasteiger partial charge on any atom is -0.326 e. The van der Waals surface area contributed by atoms with Crippen LogP contribution in [0.15, 0.2) is 66.7 Å². The van der Waals surface area contributed by atoms with Crippen LogP contribution in [-0.4, -0.2) is 23.3 Å². The van der Waals surface area contributed by atoms with Gasteiger partial charge in [-0.15, -0.1) is 0 Å². The van der Waals surface area contributed by atoms with Crippen LogP contribution >= 0.6 is 0 Å². The molecule has 0 bridgehead atoms. The maximum Gasteiger partial charge on any atom is 0.269 e. The van der Waals surface area contributed by atoms with Gasteiger partial charge in [0.1, 0.15) is 0 Å². The number of benzene rings is 3. The molecule has 7 heteroatoms. The lowest BCUT2D eigenvalue weighted by Gasteiger charge is -2.19. The van der Waals surface area contributed by atoms with Crippen LogP contribution < -0.4 is 10.2 Å². The predicted molar refractivity (Wildman–Crippen MR) is 106 cm³/mol. The molecule has 1 N–H and O–H groups in total. The number of non-ortho nitro benzene ring substituents is 1. The molecule has 1 aliphatic rings. The number of anilines is 2. The highest BCUT2D eigenvalue weighted by molar-refractivity contribution is 6.08. The van der Waals surface area contributed by atoms with Gasteiger partial charge in [0.15, 0.2) is 0 Å². The first kappa shape index (κ1) is 17.7. The number of hydrogen-bond donors (Lipinski definition) is 1. The van der Waals surface area contributed by atoms with E-state index in [2.05, 4.69) is 5.32 Å². The minimum absolute atomic E-state index is 0.0452. The first-order valence-electron chi connectivity index (χ1n) is 8.86. The molecule has 1 heterocycles. The van der Waals surface area contributed by atoms with Crippen molar-refractivity contribution in [1.29, 1.82) is 0 Å². The number of hydrogen-bond acceptors (Lipinski definition) is 4. The number of nitro groups is 1. The van der Waals surface area contributed by atoms with Gasteiger partial charge in [0.25, 0.3) is 5.69 Å². The Morgan fingerprint density at radius 3 is 2.50 bits per heavy atom. The summed E-state index contributed by atoms with van der Waals surface area (Å²) in [4.78, 5) is 37.0. The van der Waals surface area contributed by atoms with Crippen LogP contribution in [0.5, 0.6) is 0 Å². The van der Waals surface area contributed by atoms with Crippen molar-refractivity contribution in [3.63, 3.8) is 0 Å². The summed E-state index contributed by atoms with van der Waals surface area (Å²) in [7, 11) is 0. The summed E-state index contributed by atoms with van der Waals surface area (Å²) in [6.45, 7) is 0.297. The Bertz CT molecular complexity index is 1070. The fourth-order valence-electron chi connectivity index (χ4n) is 3.47. The molecule has 7 nitrogen and oxygen atoms in total. The summed E-state index contributed by atoms with van der Waals surface area (Å²) in [6.07, 6.45) is 0.127. The van der Waals surface area contributed by atoms with E-state index >= 15 is 0 Å². The Morgan fingerprint density at radius 2 is 1.75 bits per heavy atom. The second-order valence-corrected chi connectivity index (χ2v) is 6.70. The third-order valence-corrected chi connectivity index (χ3v) is 4.90. The molecule has 140 valence electrons. The van der Waals surface area contributed by atoms with E-state index in [0.717, 1.165) is 16.5 Å². The van der Waals surface area contributed by atoms with Gasteiger partial charge in [-0.2, -0.15) is 0 Å². The van der Waals surface area contributed by atoms with Crippen molar-refractivity contribution >= 4 is 39.6 Å². The number of rotatable bonds is 4. The van der Waals surface area contributed by atoms with Gasteiger partial charge in [0.2, 0.25) is 11.8 Å². The molecule has 3 aromatic carbocycles. The van der Waals surface area contributed by atoms with E-state index in [-0.39, 0.29) is 23.9 Å². The first-order chi connectivity index (χ1) is 13.5. The highest BCUT2D eigenvalue weighted by Crippen LogP contribution is 2.32. The highest BCUT2D eigenvalue weighted by atomic mass is 16.6. The Morgan fingerprint density at radius 1 is 1.04 bits per heavy atom. The van der Waals surface area contributed by atoms with Crippen molar-refractivity contribution in [1.82, 2.24) is 0 Å². The number of carbonyl (C=O) groups is 2. The SMILES string of the molecule is O=C(Nc1ccc([N+](=O)[O-])cc1)[C@H]1CC(=O)N(c2cccc3ccccc23)C1. The van der Waals surface area contributed by atoms with Gasteiger partial charge >= 0.3 is 0 Å². The van der Waals surface area contributed by atoms with Gasteiger partial charge in [0.05, 0.1) is 16.5 Å². The van der Waals surface area contributed by atoms with Crippen LogP contribution in [0.3, 0.4) is 0 Å². The smallest absolute Gasteiger partial charge is 0.269 e. The zero-order chi connectivity index (χ0) is 19.7. The highest BCUT2D eigenvalue weighted by Gasteiger charge is 2.35. The molecule has 1 fully saturated rings. The van der Waals surface area contributed by atoms with Crippen LogP contribution in [0.4, 0.5) is 17.1 Å². The average Bonchev–Trinajstić information content (AvgIpc) is 3.09. The van der Waals surface area contributed by atoms with Crippen molar-refractivity contribution in [2.75, 3.05) is 16.8 Å². The average molecular weight is 375 g/mol. The molecule has 2 amide bonds. The van der Waals surface area contributed by atoms with Crippen molar-refractivity contribution in [3.05, 3.63) is 76.8 Å². The molecule has 0 saturated carbocycles. The molecular weight excluding hydrogens is 358 g/mol. The monoisotopic (exact) mass is 375 g/mol. The Balaban J connectivity index is 1.51. The van der Waals surface area contributed by atoms with Crippen LogP contribution in [-0.2, 0) is 9.59 Å². The van der Waals surface area contributed by atoms with Crippen molar-refractivity contribution in [3.8, 4) is 0 Å². The fourth-order valence-corrected chi connectivity index (χ4v) is 3.47. The molecule has 28 heavy (non-hydrogen) atoms. The van der Waals surface area contributed by atoms with Crippen LogP contribution in [0.25, 0.3) is 10.8 Å². The lowest BCUT2D eigenvalue weighted by atomic mass is 10.1. The predicted octanol–water partition coefficient (Wildman–Crippen LogP) is 3.74. The number of nitrogens with zero attached hydrogens (tertiary/aromatic N) is 2. The number of nitro benzene ring substituents is 1. The second kappa shape index (κ2) is 7.11. The molecule has 4 rings (SSSR count). The minimum atomic E-state index is -0.497. The number of carbonyl (C=O) groups excluding carboxylic acids is 2. The molecule has 0 radical (unpaired) electrons. The molecule has 0 aliphatic carbocycles. The van der Waals surface area contributed by atoms with Crippen molar-refractivity contribution in [2.24, 2.45) is 5.92 Å². The van der Waals surface area contributed by atoms with Crippen molar-refractivity contribution in [2.45, 2.75) is 6.42 Å². The first-order valence-corrected chi connectivity index (χ1v) is 8.86. The van der Waals surface area contributed by atoms with Crippen LogP contribution in [0, 0.1) is 16.0 Å². The lowest BCUT2D eigenvalue weighted by molar-refractivity contribution is -0.384. The van der Waals surface area contributed by atoms with Gasteiger partial charge in [-0.1, -0.05) is 36.4 Å². The van der Waals surface area contributed by atoms with E-state index in [1.54, 1.807) is 4.90 Å². The summed E-state index contributed by atoms with van der Waals surface area (Å²) in [6, 6.07) is 19.2. The number of nitrogens with one attached hydrogen (secondary N) is 1. The zero-order valence-corrected chi connectivity index (χ0v) is 14.9. The molecule has 3 aromatic rings. The van der Waals surface area contributed by atoms with E-state index in [9.17, 15) is 19.7 Å². The molecule has 1 aliphatic heterocycles. The Labute approximate surface area is 160 Å². The maximum absolute atomic E-state index is 12.6. The van der Waals surface area contributed by atoms with Crippen LogP contribution in [0.2, 0.25) is 0 Å².